The van der Waals surface area contributed by atoms with Crippen molar-refractivity contribution in [1.82, 2.24) is 14.9 Å². The van der Waals surface area contributed by atoms with Crippen molar-refractivity contribution in [2.75, 3.05) is 6.61 Å². The minimum atomic E-state index is -3.51. The number of ether oxygens (including phenoxy) is 1. The molecule has 6 nitrogen and oxygen atoms in total. The summed E-state index contributed by atoms with van der Waals surface area (Å²) in [5.41, 5.74) is 1.72. The van der Waals surface area contributed by atoms with Crippen LogP contribution in [-0.4, -0.2) is 25.2 Å². The van der Waals surface area contributed by atoms with Crippen LogP contribution in [0.2, 0.25) is 0 Å². The number of nitrogens with one attached hydrogen (secondary N) is 2. The molecular weight excluding hydrogens is 266 g/mol. The Bertz CT molecular complexity index is 680. The van der Waals surface area contributed by atoms with Crippen molar-refractivity contribution in [2.24, 2.45) is 0 Å². The summed E-state index contributed by atoms with van der Waals surface area (Å²) >= 11 is 0. The quantitative estimate of drug-likeness (QED) is 0.868. The van der Waals surface area contributed by atoms with Gasteiger partial charge in [0.2, 0.25) is 10.0 Å². The van der Waals surface area contributed by atoms with Crippen LogP contribution in [0.15, 0.2) is 35.5 Å². The van der Waals surface area contributed by atoms with E-state index in [-0.39, 0.29) is 11.4 Å². The Morgan fingerprint density at radius 2 is 2.32 bits per heavy atom. The van der Waals surface area contributed by atoms with Gasteiger partial charge >= 0.3 is 0 Å². The molecule has 0 unspecified atom stereocenters. The van der Waals surface area contributed by atoms with Crippen molar-refractivity contribution in [2.45, 2.75) is 17.9 Å². The fourth-order valence-electron chi connectivity index (χ4n) is 1.97. The first-order valence-electron chi connectivity index (χ1n) is 5.88. The van der Waals surface area contributed by atoms with E-state index >= 15 is 0 Å². The lowest BCUT2D eigenvalue weighted by Crippen LogP contribution is -2.23. The average Bonchev–Trinajstić information content (AvgIpc) is 3.06. The summed E-state index contributed by atoms with van der Waals surface area (Å²) in [4.78, 5) is 0.264. The molecule has 2 N–H and O–H groups in total. The Balaban J connectivity index is 1.80. The van der Waals surface area contributed by atoms with Gasteiger partial charge in [-0.3, -0.25) is 5.10 Å². The summed E-state index contributed by atoms with van der Waals surface area (Å²) in [5.74, 6) is 0.772. The van der Waals surface area contributed by atoms with Crippen LogP contribution in [0, 0.1) is 0 Å². The zero-order valence-corrected chi connectivity index (χ0v) is 10.9. The molecule has 0 amide bonds. The maximum atomic E-state index is 12.1. The first kappa shape index (κ1) is 12.2. The van der Waals surface area contributed by atoms with Crippen LogP contribution < -0.4 is 9.46 Å². The lowest BCUT2D eigenvalue weighted by Gasteiger charge is -2.07. The van der Waals surface area contributed by atoms with Gasteiger partial charge in [0.05, 0.1) is 17.7 Å². The minimum Gasteiger partial charge on any atom is -0.493 e. The molecule has 0 spiro atoms. The molecule has 19 heavy (non-hydrogen) atoms. The van der Waals surface area contributed by atoms with Gasteiger partial charge in [-0.15, -0.1) is 0 Å². The van der Waals surface area contributed by atoms with Gasteiger partial charge in [0.15, 0.2) is 0 Å². The van der Waals surface area contributed by atoms with Gasteiger partial charge in [-0.2, -0.15) is 5.10 Å². The lowest BCUT2D eigenvalue weighted by molar-refractivity contribution is 0.356. The SMILES string of the molecule is O=S(=O)(NCc1cn[nH]c1)c1ccc2c(c1)CCO2. The van der Waals surface area contributed by atoms with Gasteiger partial charge < -0.3 is 4.74 Å². The van der Waals surface area contributed by atoms with Gasteiger partial charge in [0.1, 0.15) is 5.75 Å². The predicted octanol–water partition coefficient (Wildman–Crippen LogP) is 0.823. The van der Waals surface area contributed by atoms with E-state index in [0.29, 0.717) is 6.61 Å². The third-order valence-corrected chi connectivity index (χ3v) is 4.39. The zero-order chi connectivity index (χ0) is 13.3. The maximum absolute atomic E-state index is 12.1. The number of aromatic amines is 1. The molecule has 0 bridgehead atoms. The molecule has 1 aromatic heterocycles. The highest BCUT2D eigenvalue weighted by molar-refractivity contribution is 7.89. The summed E-state index contributed by atoms with van der Waals surface area (Å²) in [6.07, 6.45) is 3.98. The maximum Gasteiger partial charge on any atom is 0.240 e. The molecule has 1 aromatic carbocycles. The topological polar surface area (TPSA) is 84.1 Å². The average molecular weight is 279 g/mol. The van der Waals surface area contributed by atoms with Crippen LogP contribution in [0.1, 0.15) is 11.1 Å². The second kappa shape index (κ2) is 4.67. The highest BCUT2D eigenvalue weighted by Gasteiger charge is 2.19. The smallest absolute Gasteiger partial charge is 0.240 e. The van der Waals surface area contributed by atoms with Crippen molar-refractivity contribution < 1.29 is 13.2 Å². The molecule has 100 valence electrons. The Hall–Kier alpha value is -1.86. The van der Waals surface area contributed by atoms with E-state index in [1.54, 1.807) is 30.6 Å². The van der Waals surface area contributed by atoms with Crippen LogP contribution >= 0.6 is 0 Å². The fourth-order valence-corrected chi connectivity index (χ4v) is 3.03. The van der Waals surface area contributed by atoms with Crippen LogP contribution in [0.3, 0.4) is 0 Å². The summed E-state index contributed by atoms with van der Waals surface area (Å²) in [6.45, 7) is 0.827. The number of rotatable bonds is 4. The molecule has 1 aliphatic rings. The Morgan fingerprint density at radius 1 is 1.42 bits per heavy atom. The van der Waals surface area contributed by atoms with Gasteiger partial charge in [-0.1, -0.05) is 0 Å². The molecule has 0 saturated heterocycles. The van der Waals surface area contributed by atoms with E-state index in [4.69, 9.17) is 4.74 Å². The normalized spacial score (nSPS) is 14.1. The molecule has 2 aromatic rings. The predicted molar refractivity (Wildman–Crippen MR) is 68.3 cm³/mol. The Kier molecular flexibility index (Phi) is 3.00. The van der Waals surface area contributed by atoms with Crippen LogP contribution in [0.4, 0.5) is 0 Å². The number of fused-ring (bicyclic) bond motifs is 1. The van der Waals surface area contributed by atoms with Crippen LogP contribution in [0.5, 0.6) is 5.75 Å². The number of nitrogens with zero attached hydrogens (tertiary/aromatic N) is 1. The molecule has 3 rings (SSSR count). The molecule has 0 fully saturated rings. The molecule has 0 radical (unpaired) electrons. The van der Waals surface area contributed by atoms with Crippen molar-refractivity contribution in [1.29, 1.82) is 0 Å². The molecule has 0 saturated carbocycles. The van der Waals surface area contributed by atoms with Gasteiger partial charge in [0, 0.05) is 24.7 Å². The van der Waals surface area contributed by atoms with Crippen molar-refractivity contribution in [3.8, 4) is 5.75 Å². The molecule has 2 heterocycles. The monoisotopic (exact) mass is 279 g/mol. The molecule has 0 atom stereocenters. The third-order valence-electron chi connectivity index (χ3n) is 2.99. The first-order chi connectivity index (χ1) is 9.15. The third kappa shape index (κ3) is 2.47. The fraction of sp³-hybridized carbons (Fsp3) is 0.250. The second-order valence-corrected chi connectivity index (χ2v) is 6.07. The van der Waals surface area contributed by atoms with Crippen LogP contribution in [-0.2, 0) is 23.0 Å². The Morgan fingerprint density at radius 3 is 3.11 bits per heavy atom. The van der Waals surface area contributed by atoms with E-state index in [0.717, 1.165) is 23.3 Å². The second-order valence-electron chi connectivity index (χ2n) is 4.30. The molecule has 7 heteroatoms. The van der Waals surface area contributed by atoms with E-state index in [1.807, 2.05) is 0 Å². The number of hydrogen-bond donors (Lipinski definition) is 2. The number of aromatic nitrogens is 2. The van der Waals surface area contributed by atoms with Gasteiger partial charge in [0.25, 0.3) is 0 Å². The van der Waals surface area contributed by atoms with Crippen molar-refractivity contribution in [3.05, 3.63) is 41.7 Å². The first-order valence-corrected chi connectivity index (χ1v) is 7.36. The van der Waals surface area contributed by atoms with E-state index in [1.165, 1.54) is 0 Å². The zero-order valence-electron chi connectivity index (χ0n) is 10.1. The summed E-state index contributed by atoms with van der Waals surface area (Å²) in [7, 11) is -3.51. The molecule has 0 aliphatic carbocycles. The van der Waals surface area contributed by atoms with E-state index in [9.17, 15) is 8.42 Å². The van der Waals surface area contributed by atoms with E-state index < -0.39 is 10.0 Å². The van der Waals surface area contributed by atoms with E-state index in [2.05, 4.69) is 14.9 Å². The van der Waals surface area contributed by atoms with Gasteiger partial charge in [-0.05, 0) is 23.8 Å². The molecular formula is C12H13N3O3S. The van der Waals surface area contributed by atoms with Crippen molar-refractivity contribution in [3.63, 3.8) is 0 Å². The lowest BCUT2D eigenvalue weighted by atomic mass is 10.2. The van der Waals surface area contributed by atoms with Gasteiger partial charge in [-0.25, -0.2) is 13.1 Å². The standard InChI is InChI=1S/C12H13N3O3S/c16-19(17,15-8-9-6-13-14-7-9)11-1-2-12-10(5-11)3-4-18-12/h1-2,5-7,15H,3-4,8H2,(H,13,14). The van der Waals surface area contributed by atoms with Crippen molar-refractivity contribution >= 4 is 10.0 Å². The Labute approximate surface area is 110 Å². The minimum absolute atomic E-state index is 0.215. The number of hydrogen-bond acceptors (Lipinski definition) is 4. The highest BCUT2D eigenvalue weighted by atomic mass is 32.2. The summed E-state index contributed by atoms with van der Waals surface area (Å²) < 4.78 is 32.2. The van der Waals surface area contributed by atoms with Crippen LogP contribution in [0.25, 0.3) is 0 Å². The number of H-pyrrole nitrogens is 1. The number of benzene rings is 1. The summed E-state index contributed by atoms with van der Waals surface area (Å²) in [5, 5.41) is 6.40. The largest absolute Gasteiger partial charge is 0.493 e. The summed E-state index contributed by atoms with van der Waals surface area (Å²) in [6, 6.07) is 4.93. The number of sulfonamides is 1. The molecule has 1 aliphatic heterocycles. The highest BCUT2D eigenvalue weighted by Crippen LogP contribution is 2.27.